The minimum atomic E-state index is -0.670. The minimum Gasteiger partial charge on any atom is -0.481 e. The predicted molar refractivity (Wildman–Crippen MR) is 53.7 cm³/mol. The molecular weight excluding hydrogens is 172 g/mol. The lowest BCUT2D eigenvalue weighted by atomic mass is 10.2. The van der Waals surface area contributed by atoms with Crippen molar-refractivity contribution in [3.8, 4) is 0 Å². The summed E-state index contributed by atoms with van der Waals surface area (Å²) in [6.07, 6.45) is 4.63. The van der Waals surface area contributed by atoms with Crippen LogP contribution in [-0.4, -0.2) is 22.6 Å². The van der Waals surface area contributed by atoms with Gasteiger partial charge < -0.3 is 5.11 Å². The number of aliphatic carboxylic acids is 1. The summed E-state index contributed by atoms with van der Waals surface area (Å²) in [5.41, 5.74) is 0. The molecule has 0 saturated carbocycles. The Morgan fingerprint density at radius 2 is 2.00 bits per heavy atom. The van der Waals surface area contributed by atoms with Crippen LogP contribution in [0.5, 0.6) is 0 Å². The molecule has 0 fully saturated rings. The summed E-state index contributed by atoms with van der Waals surface area (Å²) < 4.78 is 0. The Balaban J connectivity index is 2.86. The molecule has 0 atom stereocenters. The van der Waals surface area contributed by atoms with Crippen molar-refractivity contribution in [2.75, 3.05) is 11.5 Å². The fourth-order valence-corrected chi connectivity index (χ4v) is 1.80. The summed E-state index contributed by atoms with van der Waals surface area (Å²) in [5, 5.41) is 8.35. The number of carboxylic acid groups (broad SMARTS) is 1. The average molecular weight is 190 g/mol. The van der Waals surface area contributed by atoms with Gasteiger partial charge in [0.15, 0.2) is 0 Å². The van der Waals surface area contributed by atoms with Crippen molar-refractivity contribution < 1.29 is 9.90 Å². The van der Waals surface area contributed by atoms with Crippen LogP contribution in [0.2, 0.25) is 0 Å². The van der Waals surface area contributed by atoms with Crippen molar-refractivity contribution in [2.24, 2.45) is 0 Å². The average Bonchev–Trinajstić information content (AvgIpc) is 2.02. The van der Waals surface area contributed by atoms with Gasteiger partial charge in [0.1, 0.15) is 0 Å². The van der Waals surface area contributed by atoms with Crippen LogP contribution in [0.3, 0.4) is 0 Å². The monoisotopic (exact) mass is 190 g/mol. The van der Waals surface area contributed by atoms with Crippen molar-refractivity contribution in [1.29, 1.82) is 0 Å². The molecule has 0 bridgehead atoms. The highest BCUT2D eigenvalue weighted by atomic mass is 32.2. The zero-order valence-corrected chi connectivity index (χ0v) is 8.53. The topological polar surface area (TPSA) is 37.3 Å². The van der Waals surface area contributed by atoms with Gasteiger partial charge in [-0.2, -0.15) is 11.8 Å². The molecule has 0 heterocycles. The zero-order valence-electron chi connectivity index (χ0n) is 7.71. The van der Waals surface area contributed by atoms with Crippen LogP contribution in [0.15, 0.2) is 0 Å². The number of hydrogen-bond donors (Lipinski definition) is 1. The van der Waals surface area contributed by atoms with Crippen molar-refractivity contribution in [2.45, 2.75) is 39.0 Å². The van der Waals surface area contributed by atoms with Gasteiger partial charge in [-0.05, 0) is 30.8 Å². The Morgan fingerprint density at radius 1 is 1.25 bits per heavy atom. The Morgan fingerprint density at radius 3 is 2.58 bits per heavy atom. The fourth-order valence-electron chi connectivity index (χ4n) is 0.904. The maximum atomic E-state index is 10.1. The highest BCUT2D eigenvalue weighted by molar-refractivity contribution is 7.99. The number of carbonyl (C=O) groups is 1. The summed E-state index contributed by atoms with van der Waals surface area (Å²) in [6.45, 7) is 2.18. The van der Waals surface area contributed by atoms with Crippen LogP contribution in [-0.2, 0) is 4.79 Å². The van der Waals surface area contributed by atoms with Crippen LogP contribution >= 0.6 is 11.8 Å². The van der Waals surface area contributed by atoms with Gasteiger partial charge in [-0.1, -0.05) is 13.3 Å². The molecule has 0 aromatic rings. The second kappa shape index (κ2) is 8.91. The maximum absolute atomic E-state index is 10.1. The molecule has 0 amide bonds. The van der Waals surface area contributed by atoms with Gasteiger partial charge in [-0.25, -0.2) is 0 Å². The van der Waals surface area contributed by atoms with Crippen molar-refractivity contribution in [1.82, 2.24) is 0 Å². The molecule has 0 aliphatic carbocycles. The van der Waals surface area contributed by atoms with E-state index < -0.39 is 5.97 Å². The van der Waals surface area contributed by atoms with Crippen LogP contribution in [0, 0.1) is 0 Å². The SMILES string of the molecule is CCCSCCCCCC(=O)O. The highest BCUT2D eigenvalue weighted by Crippen LogP contribution is 2.08. The molecule has 1 N–H and O–H groups in total. The summed E-state index contributed by atoms with van der Waals surface area (Å²) in [5.74, 6) is 1.75. The normalized spacial score (nSPS) is 10.1. The Hall–Kier alpha value is -0.180. The minimum absolute atomic E-state index is 0.332. The summed E-state index contributed by atoms with van der Waals surface area (Å²) >= 11 is 1.96. The maximum Gasteiger partial charge on any atom is 0.303 e. The van der Waals surface area contributed by atoms with E-state index in [0.717, 1.165) is 19.3 Å². The molecule has 0 aromatic heterocycles. The van der Waals surface area contributed by atoms with E-state index >= 15 is 0 Å². The Bertz CT molecular complexity index is 115. The fraction of sp³-hybridized carbons (Fsp3) is 0.889. The van der Waals surface area contributed by atoms with Crippen molar-refractivity contribution in [3.63, 3.8) is 0 Å². The Kier molecular flexibility index (Phi) is 8.78. The number of carboxylic acids is 1. The zero-order chi connectivity index (χ0) is 9.23. The second-order valence-corrected chi connectivity index (χ2v) is 4.04. The lowest BCUT2D eigenvalue weighted by Crippen LogP contribution is -1.94. The molecule has 0 unspecified atom stereocenters. The largest absolute Gasteiger partial charge is 0.481 e. The molecule has 3 heteroatoms. The first-order chi connectivity index (χ1) is 5.77. The predicted octanol–water partition coefficient (Wildman–Crippen LogP) is 2.77. The molecule has 0 radical (unpaired) electrons. The number of rotatable bonds is 8. The first-order valence-corrected chi connectivity index (χ1v) is 5.72. The third-order valence-electron chi connectivity index (χ3n) is 1.53. The van der Waals surface area contributed by atoms with Gasteiger partial charge >= 0.3 is 5.97 Å². The van der Waals surface area contributed by atoms with E-state index in [1.54, 1.807) is 0 Å². The van der Waals surface area contributed by atoms with Crippen LogP contribution in [0.4, 0.5) is 0 Å². The lowest BCUT2D eigenvalue weighted by molar-refractivity contribution is -0.137. The van der Waals surface area contributed by atoms with Gasteiger partial charge in [0, 0.05) is 6.42 Å². The van der Waals surface area contributed by atoms with Gasteiger partial charge in [0.2, 0.25) is 0 Å². The van der Waals surface area contributed by atoms with Gasteiger partial charge in [0.05, 0.1) is 0 Å². The molecule has 0 saturated heterocycles. The number of unbranched alkanes of at least 4 members (excludes halogenated alkanes) is 2. The summed E-state index contributed by atoms with van der Waals surface area (Å²) in [7, 11) is 0. The van der Waals surface area contributed by atoms with E-state index in [0.29, 0.717) is 6.42 Å². The molecule has 0 rings (SSSR count). The number of hydrogen-bond acceptors (Lipinski definition) is 2. The van der Waals surface area contributed by atoms with E-state index in [2.05, 4.69) is 6.92 Å². The van der Waals surface area contributed by atoms with Crippen molar-refractivity contribution >= 4 is 17.7 Å². The smallest absolute Gasteiger partial charge is 0.303 e. The van der Waals surface area contributed by atoms with Gasteiger partial charge in [0.25, 0.3) is 0 Å². The summed E-state index contributed by atoms with van der Waals surface area (Å²) in [6, 6.07) is 0. The molecule has 12 heavy (non-hydrogen) atoms. The van der Waals surface area contributed by atoms with E-state index in [4.69, 9.17) is 5.11 Å². The Labute approximate surface area is 78.7 Å². The standard InChI is InChI=1S/C9H18O2S/c1-2-7-12-8-5-3-4-6-9(10)11/h2-8H2,1H3,(H,10,11). The molecule has 0 aliphatic heterocycles. The number of thioether (sulfide) groups is 1. The molecular formula is C9H18O2S. The van der Waals surface area contributed by atoms with Gasteiger partial charge in [-0.3, -0.25) is 4.79 Å². The van der Waals surface area contributed by atoms with Gasteiger partial charge in [-0.15, -0.1) is 0 Å². The molecule has 72 valence electrons. The highest BCUT2D eigenvalue weighted by Gasteiger charge is 1.95. The first-order valence-electron chi connectivity index (χ1n) is 4.57. The third-order valence-corrected chi connectivity index (χ3v) is 2.80. The molecule has 0 aromatic carbocycles. The molecule has 0 spiro atoms. The van der Waals surface area contributed by atoms with Crippen LogP contribution in [0.25, 0.3) is 0 Å². The summed E-state index contributed by atoms with van der Waals surface area (Å²) in [4.78, 5) is 10.1. The van der Waals surface area contributed by atoms with E-state index in [1.807, 2.05) is 11.8 Å². The molecule has 2 nitrogen and oxygen atoms in total. The van der Waals surface area contributed by atoms with Crippen molar-refractivity contribution in [3.05, 3.63) is 0 Å². The quantitative estimate of drug-likeness (QED) is 0.598. The first kappa shape index (κ1) is 11.8. The van der Waals surface area contributed by atoms with E-state index in [9.17, 15) is 4.79 Å². The van der Waals surface area contributed by atoms with E-state index in [1.165, 1.54) is 17.9 Å². The second-order valence-electron chi connectivity index (χ2n) is 2.82. The lowest BCUT2D eigenvalue weighted by Gasteiger charge is -1.98. The van der Waals surface area contributed by atoms with E-state index in [-0.39, 0.29) is 0 Å². The van der Waals surface area contributed by atoms with Crippen LogP contribution < -0.4 is 0 Å². The molecule has 0 aliphatic rings. The third kappa shape index (κ3) is 9.82. The van der Waals surface area contributed by atoms with Crippen LogP contribution in [0.1, 0.15) is 39.0 Å².